The van der Waals surface area contributed by atoms with Crippen molar-refractivity contribution in [3.8, 4) is 0 Å². The molecule has 0 bridgehead atoms. The quantitative estimate of drug-likeness (QED) is 0.723. The zero-order chi connectivity index (χ0) is 10.1. The van der Waals surface area contributed by atoms with Gasteiger partial charge in [-0.1, -0.05) is 27.2 Å². The van der Waals surface area contributed by atoms with E-state index in [1.165, 1.54) is 0 Å². The van der Waals surface area contributed by atoms with E-state index in [4.69, 9.17) is 5.11 Å². The zero-order valence-corrected chi connectivity index (χ0v) is 8.71. The van der Waals surface area contributed by atoms with E-state index in [2.05, 4.69) is 18.7 Å². The normalized spacial score (nSPS) is 23.6. The SMILES string of the molecule is CCCC(C(=O)O)N1CC(C)(C)C1. The van der Waals surface area contributed by atoms with E-state index >= 15 is 0 Å². The molecule has 0 spiro atoms. The Bertz CT molecular complexity index is 193. The Kier molecular flexibility index (Phi) is 2.96. The summed E-state index contributed by atoms with van der Waals surface area (Å²) in [7, 11) is 0. The topological polar surface area (TPSA) is 40.5 Å². The average Bonchev–Trinajstić information content (AvgIpc) is 1.95. The first-order chi connectivity index (χ1) is 5.96. The first-order valence-electron chi connectivity index (χ1n) is 4.93. The minimum atomic E-state index is -0.669. The molecule has 76 valence electrons. The molecule has 0 saturated carbocycles. The van der Waals surface area contributed by atoms with Gasteiger partial charge in [0.25, 0.3) is 0 Å². The van der Waals surface area contributed by atoms with Crippen molar-refractivity contribution in [1.29, 1.82) is 0 Å². The summed E-state index contributed by atoms with van der Waals surface area (Å²) in [6.07, 6.45) is 1.71. The third kappa shape index (κ3) is 2.44. The van der Waals surface area contributed by atoms with E-state index in [-0.39, 0.29) is 6.04 Å². The number of carboxylic acids is 1. The van der Waals surface area contributed by atoms with E-state index in [1.807, 2.05) is 6.92 Å². The molecule has 3 nitrogen and oxygen atoms in total. The van der Waals surface area contributed by atoms with Crippen molar-refractivity contribution < 1.29 is 9.90 Å². The van der Waals surface area contributed by atoms with Gasteiger partial charge in [-0.15, -0.1) is 0 Å². The van der Waals surface area contributed by atoms with Crippen LogP contribution in [0.2, 0.25) is 0 Å². The van der Waals surface area contributed by atoms with Crippen LogP contribution in [0.4, 0.5) is 0 Å². The van der Waals surface area contributed by atoms with Crippen LogP contribution in [-0.4, -0.2) is 35.1 Å². The van der Waals surface area contributed by atoms with Crippen molar-refractivity contribution in [2.24, 2.45) is 5.41 Å². The molecule has 0 aliphatic carbocycles. The van der Waals surface area contributed by atoms with Gasteiger partial charge >= 0.3 is 5.97 Å². The summed E-state index contributed by atoms with van der Waals surface area (Å²) < 4.78 is 0. The van der Waals surface area contributed by atoms with Gasteiger partial charge in [0.2, 0.25) is 0 Å². The molecule has 3 heteroatoms. The van der Waals surface area contributed by atoms with Gasteiger partial charge < -0.3 is 5.11 Å². The number of carbonyl (C=O) groups is 1. The Morgan fingerprint density at radius 2 is 2.08 bits per heavy atom. The Morgan fingerprint density at radius 1 is 1.54 bits per heavy atom. The van der Waals surface area contributed by atoms with Crippen molar-refractivity contribution in [1.82, 2.24) is 4.90 Å². The number of rotatable bonds is 4. The maximum Gasteiger partial charge on any atom is 0.320 e. The van der Waals surface area contributed by atoms with Gasteiger partial charge in [-0.3, -0.25) is 9.69 Å². The fraction of sp³-hybridized carbons (Fsp3) is 0.900. The predicted molar refractivity (Wildman–Crippen MR) is 51.7 cm³/mol. The molecule has 0 aromatic heterocycles. The lowest BCUT2D eigenvalue weighted by molar-refractivity contribution is -0.148. The summed E-state index contributed by atoms with van der Waals surface area (Å²) in [5.41, 5.74) is 0.321. The maximum atomic E-state index is 10.9. The largest absolute Gasteiger partial charge is 0.480 e. The highest BCUT2D eigenvalue weighted by Crippen LogP contribution is 2.31. The van der Waals surface area contributed by atoms with Crippen molar-refractivity contribution in [3.63, 3.8) is 0 Å². The molecule has 1 rings (SSSR count). The molecule has 1 unspecified atom stereocenters. The molecular weight excluding hydrogens is 166 g/mol. The first-order valence-corrected chi connectivity index (χ1v) is 4.93. The number of nitrogens with zero attached hydrogens (tertiary/aromatic N) is 1. The lowest BCUT2D eigenvalue weighted by Crippen LogP contribution is -2.59. The number of carboxylic acid groups (broad SMARTS) is 1. The highest BCUT2D eigenvalue weighted by Gasteiger charge is 2.40. The number of likely N-dealkylation sites (tertiary alicyclic amines) is 1. The van der Waals surface area contributed by atoms with E-state index in [9.17, 15) is 4.79 Å². The lowest BCUT2D eigenvalue weighted by atomic mass is 9.82. The smallest absolute Gasteiger partial charge is 0.320 e. The Balaban J connectivity index is 2.45. The molecular formula is C10H19NO2. The van der Waals surface area contributed by atoms with Crippen molar-refractivity contribution >= 4 is 5.97 Å². The van der Waals surface area contributed by atoms with Gasteiger partial charge in [-0.2, -0.15) is 0 Å². The maximum absolute atomic E-state index is 10.9. The van der Waals surface area contributed by atoms with Crippen molar-refractivity contribution in [2.45, 2.75) is 39.7 Å². The third-order valence-electron chi connectivity index (χ3n) is 2.55. The third-order valence-corrected chi connectivity index (χ3v) is 2.55. The summed E-state index contributed by atoms with van der Waals surface area (Å²) in [6, 6.07) is -0.252. The minimum Gasteiger partial charge on any atom is -0.480 e. The Hall–Kier alpha value is -0.570. The number of aliphatic carboxylic acids is 1. The lowest BCUT2D eigenvalue weighted by Gasteiger charge is -2.48. The van der Waals surface area contributed by atoms with Crippen LogP contribution in [0.5, 0.6) is 0 Å². The van der Waals surface area contributed by atoms with Gasteiger partial charge in [-0.25, -0.2) is 0 Å². The molecule has 0 aromatic rings. The summed E-state index contributed by atoms with van der Waals surface area (Å²) in [4.78, 5) is 13.0. The molecule has 1 saturated heterocycles. The van der Waals surface area contributed by atoms with E-state index in [1.54, 1.807) is 0 Å². The highest BCUT2D eigenvalue weighted by molar-refractivity contribution is 5.73. The van der Waals surface area contributed by atoms with Crippen LogP contribution in [-0.2, 0) is 4.79 Å². The molecule has 13 heavy (non-hydrogen) atoms. The second-order valence-electron chi connectivity index (χ2n) is 4.71. The van der Waals surface area contributed by atoms with Gasteiger partial charge in [0.15, 0.2) is 0 Å². The average molecular weight is 185 g/mol. The van der Waals surface area contributed by atoms with Gasteiger partial charge in [-0.05, 0) is 11.8 Å². The second kappa shape index (κ2) is 3.66. The summed E-state index contributed by atoms with van der Waals surface area (Å²) in [5.74, 6) is -0.669. The molecule has 0 amide bonds. The predicted octanol–water partition coefficient (Wildman–Crippen LogP) is 1.58. The Labute approximate surface area is 79.7 Å². The van der Waals surface area contributed by atoms with Crippen LogP contribution in [0, 0.1) is 5.41 Å². The van der Waals surface area contributed by atoms with Crippen molar-refractivity contribution in [2.75, 3.05) is 13.1 Å². The van der Waals surface area contributed by atoms with Gasteiger partial charge in [0.05, 0.1) is 0 Å². The van der Waals surface area contributed by atoms with Crippen molar-refractivity contribution in [3.05, 3.63) is 0 Å². The van der Waals surface area contributed by atoms with E-state index in [0.29, 0.717) is 5.41 Å². The molecule has 0 aromatic carbocycles. The summed E-state index contributed by atoms with van der Waals surface area (Å²) in [5, 5.41) is 8.97. The van der Waals surface area contributed by atoms with Crippen LogP contribution in [0.15, 0.2) is 0 Å². The van der Waals surface area contributed by atoms with Crippen LogP contribution in [0.25, 0.3) is 0 Å². The van der Waals surface area contributed by atoms with E-state index < -0.39 is 5.97 Å². The second-order valence-corrected chi connectivity index (χ2v) is 4.71. The molecule has 1 fully saturated rings. The van der Waals surface area contributed by atoms with E-state index in [0.717, 1.165) is 25.9 Å². The first kappa shape index (κ1) is 10.5. The number of hydrogen-bond donors (Lipinski definition) is 1. The summed E-state index contributed by atoms with van der Waals surface area (Å²) >= 11 is 0. The molecule has 0 radical (unpaired) electrons. The molecule has 1 N–H and O–H groups in total. The van der Waals surface area contributed by atoms with Crippen LogP contribution in [0.1, 0.15) is 33.6 Å². The van der Waals surface area contributed by atoms with Gasteiger partial charge in [0.1, 0.15) is 6.04 Å². The minimum absolute atomic E-state index is 0.252. The van der Waals surface area contributed by atoms with Crippen LogP contribution < -0.4 is 0 Å². The molecule has 1 aliphatic heterocycles. The van der Waals surface area contributed by atoms with Crippen LogP contribution in [0.3, 0.4) is 0 Å². The van der Waals surface area contributed by atoms with Gasteiger partial charge in [0, 0.05) is 13.1 Å². The van der Waals surface area contributed by atoms with Crippen LogP contribution >= 0.6 is 0 Å². The number of hydrogen-bond acceptors (Lipinski definition) is 2. The molecule has 1 heterocycles. The molecule has 1 atom stereocenters. The monoisotopic (exact) mass is 185 g/mol. The highest BCUT2D eigenvalue weighted by atomic mass is 16.4. The summed E-state index contributed by atoms with van der Waals surface area (Å²) in [6.45, 7) is 8.22. The fourth-order valence-corrected chi connectivity index (χ4v) is 2.01. The fourth-order valence-electron chi connectivity index (χ4n) is 2.01. The standard InChI is InChI=1S/C10H19NO2/c1-4-5-8(9(12)13)11-6-10(2,3)7-11/h8H,4-7H2,1-3H3,(H,12,13). The molecule has 1 aliphatic rings. The Morgan fingerprint density at radius 3 is 2.38 bits per heavy atom. The zero-order valence-electron chi connectivity index (χ0n) is 8.71.